The lowest BCUT2D eigenvalue weighted by Gasteiger charge is -2.13. The molecule has 0 bridgehead atoms. The molecule has 0 aliphatic carbocycles. The normalized spacial score (nSPS) is 12.2. The first kappa shape index (κ1) is 14.0. The molecule has 17 heavy (non-hydrogen) atoms. The first-order valence-electron chi connectivity index (χ1n) is 5.52. The third-order valence-corrected chi connectivity index (χ3v) is 3.56. The molecule has 0 saturated heterocycles. The van der Waals surface area contributed by atoms with Gasteiger partial charge >= 0.3 is 0 Å². The van der Waals surface area contributed by atoms with E-state index in [4.69, 9.17) is 4.74 Å². The molecular weight excluding hydrogens is 286 g/mol. The number of aryl methyl sites for hydroxylation is 1. The minimum Gasteiger partial charge on any atom is -0.493 e. The standard InChI is InChI=1S/C12H16BrNO3/c1-3-10(7-13)8-17-11-4-5-12(14(15)16)9(2)6-11/h4-6,10H,3,7-8H2,1-2H3. The van der Waals surface area contributed by atoms with Crippen LogP contribution in [0.15, 0.2) is 18.2 Å². The second-order valence-corrected chi connectivity index (χ2v) is 4.59. The predicted molar refractivity (Wildman–Crippen MR) is 70.9 cm³/mol. The summed E-state index contributed by atoms with van der Waals surface area (Å²) in [7, 11) is 0. The van der Waals surface area contributed by atoms with Gasteiger partial charge < -0.3 is 4.74 Å². The number of hydrogen-bond acceptors (Lipinski definition) is 3. The van der Waals surface area contributed by atoms with Crippen LogP contribution in [0.25, 0.3) is 0 Å². The zero-order valence-corrected chi connectivity index (χ0v) is 11.6. The lowest BCUT2D eigenvalue weighted by Crippen LogP contribution is -2.12. The zero-order chi connectivity index (χ0) is 12.8. The number of alkyl halides is 1. The Labute approximate surface area is 109 Å². The van der Waals surface area contributed by atoms with Crippen molar-refractivity contribution in [1.29, 1.82) is 0 Å². The Kier molecular flexibility index (Phi) is 5.41. The maximum atomic E-state index is 10.7. The maximum absolute atomic E-state index is 10.7. The van der Waals surface area contributed by atoms with Crippen LogP contribution in [0.3, 0.4) is 0 Å². The van der Waals surface area contributed by atoms with Crippen LogP contribution in [-0.4, -0.2) is 16.9 Å². The third-order valence-electron chi connectivity index (χ3n) is 2.65. The van der Waals surface area contributed by atoms with Gasteiger partial charge in [-0.3, -0.25) is 10.1 Å². The van der Waals surface area contributed by atoms with Crippen LogP contribution in [0.1, 0.15) is 18.9 Å². The van der Waals surface area contributed by atoms with Crippen molar-refractivity contribution in [2.75, 3.05) is 11.9 Å². The molecule has 0 aliphatic rings. The molecule has 0 fully saturated rings. The molecule has 1 aromatic carbocycles. The van der Waals surface area contributed by atoms with Gasteiger partial charge in [-0.05, 0) is 25.5 Å². The van der Waals surface area contributed by atoms with E-state index in [0.717, 1.165) is 11.8 Å². The van der Waals surface area contributed by atoms with E-state index >= 15 is 0 Å². The fourth-order valence-electron chi connectivity index (χ4n) is 1.41. The monoisotopic (exact) mass is 301 g/mol. The summed E-state index contributed by atoms with van der Waals surface area (Å²) in [5.41, 5.74) is 0.754. The van der Waals surface area contributed by atoms with Gasteiger partial charge in [0, 0.05) is 22.9 Å². The first-order chi connectivity index (χ1) is 8.08. The summed E-state index contributed by atoms with van der Waals surface area (Å²) in [4.78, 5) is 10.3. The summed E-state index contributed by atoms with van der Waals surface area (Å²) in [6.45, 7) is 4.45. The summed E-state index contributed by atoms with van der Waals surface area (Å²) < 4.78 is 5.61. The van der Waals surface area contributed by atoms with Crippen molar-refractivity contribution < 1.29 is 9.66 Å². The van der Waals surface area contributed by atoms with Crippen molar-refractivity contribution in [3.05, 3.63) is 33.9 Å². The van der Waals surface area contributed by atoms with E-state index in [0.29, 0.717) is 23.8 Å². The smallest absolute Gasteiger partial charge is 0.272 e. The van der Waals surface area contributed by atoms with Gasteiger partial charge in [0.25, 0.3) is 5.69 Å². The fraction of sp³-hybridized carbons (Fsp3) is 0.500. The van der Waals surface area contributed by atoms with E-state index in [2.05, 4.69) is 22.9 Å². The Morgan fingerprint density at radius 2 is 2.24 bits per heavy atom. The van der Waals surface area contributed by atoms with Gasteiger partial charge in [-0.1, -0.05) is 22.9 Å². The fourth-order valence-corrected chi connectivity index (χ4v) is 2.05. The molecule has 0 N–H and O–H groups in total. The van der Waals surface area contributed by atoms with Crippen molar-refractivity contribution in [3.8, 4) is 5.75 Å². The minimum absolute atomic E-state index is 0.130. The molecular formula is C12H16BrNO3. The van der Waals surface area contributed by atoms with E-state index in [9.17, 15) is 10.1 Å². The van der Waals surface area contributed by atoms with E-state index < -0.39 is 0 Å². The molecule has 0 amide bonds. The van der Waals surface area contributed by atoms with Crippen molar-refractivity contribution >= 4 is 21.6 Å². The number of halogens is 1. The van der Waals surface area contributed by atoms with Crippen LogP contribution < -0.4 is 4.74 Å². The van der Waals surface area contributed by atoms with E-state index in [1.54, 1.807) is 19.1 Å². The van der Waals surface area contributed by atoms with Gasteiger partial charge in [0.1, 0.15) is 5.75 Å². The Balaban J connectivity index is 2.67. The van der Waals surface area contributed by atoms with Crippen LogP contribution in [0.2, 0.25) is 0 Å². The molecule has 0 spiro atoms. The zero-order valence-electron chi connectivity index (χ0n) is 9.98. The van der Waals surface area contributed by atoms with Crippen molar-refractivity contribution in [1.82, 2.24) is 0 Å². The van der Waals surface area contributed by atoms with Crippen LogP contribution in [0, 0.1) is 23.0 Å². The number of ether oxygens (including phenoxy) is 1. The maximum Gasteiger partial charge on any atom is 0.272 e. The topological polar surface area (TPSA) is 52.4 Å². The molecule has 0 radical (unpaired) electrons. The summed E-state index contributed by atoms with van der Waals surface area (Å²) in [6, 6.07) is 4.84. The lowest BCUT2D eigenvalue weighted by atomic mass is 10.1. The minimum atomic E-state index is -0.382. The predicted octanol–water partition coefficient (Wildman–Crippen LogP) is 3.70. The van der Waals surface area contributed by atoms with E-state index in [-0.39, 0.29) is 10.6 Å². The Morgan fingerprint density at radius 3 is 2.71 bits per heavy atom. The van der Waals surface area contributed by atoms with Gasteiger partial charge in [0.2, 0.25) is 0 Å². The number of nitro benzene ring substituents is 1. The summed E-state index contributed by atoms with van der Waals surface area (Å²) in [5, 5.41) is 11.5. The van der Waals surface area contributed by atoms with Gasteiger partial charge in [0.05, 0.1) is 11.5 Å². The Bertz CT molecular complexity index is 391. The molecule has 0 heterocycles. The van der Waals surface area contributed by atoms with Crippen molar-refractivity contribution in [3.63, 3.8) is 0 Å². The molecule has 0 aromatic heterocycles. The number of nitrogens with zero attached hydrogens (tertiary/aromatic N) is 1. The van der Waals surface area contributed by atoms with E-state index in [1.165, 1.54) is 6.07 Å². The summed E-state index contributed by atoms with van der Waals surface area (Å²) >= 11 is 3.43. The summed E-state index contributed by atoms with van der Waals surface area (Å²) in [6.07, 6.45) is 1.04. The Morgan fingerprint density at radius 1 is 1.53 bits per heavy atom. The second kappa shape index (κ2) is 6.59. The highest BCUT2D eigenvalue weighted by Gasteiger charge is 2.11. The van der Waals surface area contributed by atoms with Gasteiger partial charge in [-0.2, -0.15) is 0 Å². The number of rotatable bonds is 6. The van der Waals surface area contributed by atoms with Gasteiger partial charge in [-0.15, -0.1) is 0 Å². The number of benzene rings is 1. The van der Waals surface area contributed by atoms with Crippen LogP contribution in [0.4, 0.5) is 5.69 Å². The quantitative estimate of drug-likeness (QED) is 0.457. The second-order valence-electron chi connectivity index (χ2n) is 3.94. The molecule has 5 heteroatoms. The SMILES string of the molecule is CCC(CBr)COc1ccc([N+](=O)[O-])c(C)c1. The van der Waals surface area contributed by atoms with Gasteiger partial charge in [0.15, 0.2) is 0 Å². The Hall–Kier alpha value is -1.10. The van der Waals surface area contributed by atoms with Crippen LogP contribution in [-0.2, 0) is 0 Å². The molecule has 1 atom stereocenters. The van der Waals surface area contributed by atoms with Gasteiger partial charge in [-0.25, -0.2) is 0 Å². The molecule has 0 aliphatic heterocycles. The summed E-state index contributed by atoms with van der Waals surface area (Å²) in [5.74, 6) is 1.15. The highest BCUT2D eigenvalue weighted by atomic mass is 79.9. The molecule has 1 aromatic rings. The van der Waals surface area contributed by atoms with Crippen LogP contribution in [0.5, 0.6) is 5.75 Å². The highest BCUT2D eigenvalue weighted by Crippen LogP contribution is 2.23. The molecule has 0 saturated carbocycles. The number of hydrogen-bond donors (Lipinski definition) is 0. The van der Waals surface area contributed by atoms with Crippen molar-refractivity contribution in [2.45, 2.75) is 20.3 Å². The van der Waals surface area contributed by atoms with Crippen LogP contribution >= 0.6 is 15.9 Å². The molecule has 1 unspecified atom stereocenters. The van der Waals surface area contributed by atoms with E-state index in [1.807, 2.05) is 0 Å². The average molecular weight is 302 g/mol. The average Bonchev–Trinajstić information content (AvgIpc) is 2.30. The molecule has 94 valence electrons. The number of nitro groups is 1. The van der Waals surface area contributed by atoms with Crippen molar-refractivity contribution in [2.24, 2.45) is 5.92 Å². The first-order valence-corrected chi connectivity index (χ1v) is 6.64. The molecule has 4 nitrogen and oxygen atoms in total. The highest BCUT2D eigenvalue weighted by molar-refractivity contribution is 9.09. The third kappa shape index (κ3) is 4.00. The lowest BCUT2D eigenvalue weighted by molar-refractivity contribution is -0.385. The molecule has 1 rings (SSSR count). The largest absolute Gasteiger partial charge is 0.493 e.